The van der Waals surface area contributed by atoms with Crippen molar-refractivity contribution >= 4 is 23.5 Å². The zero-order valence-corrected chi connectivity index (χ0v) is 13.9. The Kier molecular flexibility index (Phi) is 3.69. The molecule has 26 heavy (non-hydrogen) atoms. The summed E-state index contributed by atoms with van der Waals surface area (Å²) in [7, 11) is 0. The zero-order chi connectivity index (χ0) is 18.3. The van der Waals surface area contributed by atoms with Crippen LogP contribution in [0.5, 0.6) is 0 Å². The third-order valence-corrected chi connectivity index (χ3v) is 4.04. The van der Waals surface area contributed by atoms with Crippen LogP contribution in [0.3, 0.4) is 0 Å². The number of carbonyl (C=O) groups excluding carboxylic acids is 3. The quantitative estimate of drug-likeness (QED) is 0.676. The first-order chi connectivity index (χ1) is 12.6. The smallest absolute Gasteiger partial charge is 0.268 e. The summed E-state index contributed by atoms with van der Waals surface area (Å²) >= 11 is 0. The molecule has 7 heteroatoms. The fraction of sp³-hybridized carbons (Fsp3) is 0.105. The molecule has 3 aromatic rings. The number of ketones is 1. The van der Waals surface area contributed by atoms with Gasteiger partial charge in [-0.15, -0.1) is 5.10 Å². The molecule has 1 aliphatic heterocycles. The SMILES string of the molecule is CC(=O)Cc1nc(N2C(=O)c3ccccc3C2=O)n(-c2ccccc2)n1. The minimum Gasteiger partial charge on any atom is -0.300 e. The highest BCUT2D eigenvalue weighted by molar-refractivity contribution is 6.33. The standard InChI is InChI=1S/C19H14N4O3/c1-12(24)11-16-20-19(23(21-16)13-7-3-2-4-8-13)22-17(25)14-9-5-6-10-15(14)18(22)26/h2-10H,11H2,1H3. The first kappa shape index (κ1) is 15.9. The van der Waals surface area contributed by atoms with Crippen LogP contribution in [0, 0.1) is 0 Å². The number of aromatic nitrogens is 3. The minimum absolute atomic E-state index is 0.0238. The lowest BCUT2D eigenvalue weighted by molar-refractivity contribution is -0.116. The van der Waals surface area contributed by atoms with Crippen LogP contribution < -0.4 is 4.90 Å². The van der Waals surface area contributed by atoms with Gasteiger partial charge in [-0.3, -0.25) is 14.4 Å². The van der Waals surface area contributed by atoms with E-state index in [2.05, 4.69) is 10.1 Å². The van der Waals surface area contributed by atoms with Gasteiger partial charge in [0.2, 0.25) is 5.95 Å². The van der Waals surface area contributed by atoms with Crippen molar-refractivity contribution < 1.29 is 14.4 Å². The molecule has 7 nitrogen and oxygen atoms in total. The first-order valence-electron chi connectivity index (χ1n) is 8.05. The van der Waals surface area contributed by atoms with E-state index in [4.69, 9.17) is 0 Å². The summed E-state index contributed by atoms with van der Waals surface area (Å²) in [5, 5.41) is 4.34. The van der Waals surface area contributed by atoms with Gasteiger partial charge in [0.05, 0.1) is 23.2 Å². The lowest BCUT2D eigenvalue weighted by Gasteiger charge is -2.13. The summed E-state index contributed by atoms with van der Waals surface area (Å²) in [6.07, 6.45) is 0.0238. The van der Waals surface area contributed by atoms with Gasteiger partial charge >= 0.3 is 0 Å². The number of nitrogens with zero attached hydrogens (tertiary/aromatic N) is 4. The minimum atomic E-state index is -0.454. The number of carbonyl (C=O) groups is 3. The molecule has 0 saturated carbocycles. The van der Waals surface area contributed by atoms with Crippen LogP contribution in [0.1, 0.15) is 33.5 Å². The number of imide groups is 1. The lowest BCUT2D eigenvalue weighted by atomic mass is 10.1. The molecule has 0 atom stereocenters. The molecule has 1 aromatic heterocycles. The molecule has 2 aromatic carbocycles. The van der Waals surface area contributed by atoms with Gasteiger partial charge in [-0.25, -0.2) is 4.90 Å². The Hall–Kier alpha value is -3.61. The van der Waals surface area contributed by atoms with Crippen molar-refractivity contribution in [1.29, 1.82) is 0 Å². The molecule has 2 amide bonds. The summed E-state index contributed by atoms with van der Waals surface area (Å²) in [5.41, 5.74) is 1.29. The van der Waals surface area contributed by atoms with E-state index in [1.54, 1.807) is 36.4 Å². The summed E-state index contributed by atoms with van der Waals surface area (Å²) in [5.74, 6) is -0.676. The maximum Gasteiger partial charge on any atom is 0.268 e. The van der Waals surface area contributed by atoms with Crippen LogP contribution in [0.15, 0.2) is 54.6 Å². The highest BCUT2D eigenvalue weighted by Gasteiger charge is 2.39. The number of hydrogen-bond acceptors (Lipinski definition) is 5. The van der Waals surface area contributed by atoms with Crippen molar-refractivity contribution in [3.63, 3.8) is 0 Å². The average molecular weight is 346 g/mol. The fourth-order valence-electron chi connectivity index (χ4n) is 2.90. The highest BCUT2D eigenvalue weighted by atomic mass is 16.2. The molecule has 0 N–H and O–H groups in total. The van der Waals surface area contributed by atoms with Gasteiger partial charge in [0.25, 0.3) is 11.8 Å². The van der Waals surface area contributed by atoms with Crippen molar-refractivity contribution in [2.75, 3.05) is 4.90 Å². The van der Waals surface area contributed by atoms with Gasteiger partial charge in [0, 0.05) is 0 Å². The Morgan fingerprint density at radius 1 is 0.923 bits per heavy atom. The molecule has 0 radical (unpaired) electrons. The van der Waals surface area contributed by atoms with Crippen LogP contribution >= 0.6 is 0 Å². The molecule has 0 unspecified atom stereocenters. The van der Waals surface area contributed by atoms with E-state index in [0.717, 1.165) is 4.90 Å². The van der Waals surface area contributed by atoms with E-state index >= 15 is 0 Å². The topological polar surface area (TPSA) is 85.2 Å². The van der Waals surface area contributed by atoms with Crippen LogP contribution in [-0.4, -0.2) is 32.4 Å². The van der Waals surface area contributed by atoms with E-state index < -0.39 is 11.8 Å². The van der Waals surface area contributed by atoms with Gasteiger partial charge in [0.15, 0.2) is 5.82 Å². The van der Waals surface area contributed by atoms with Gasteiger partial charge in [-0.05, 0) is 31.2 Å². The average Bonchev–Trinajstić information content (AvgIpc) is 3.15. The number of rotatable bonds is 4. The molecular weight excluding hydrogens is 332 g/mol. The Morgan fingerprint density at radius 3 is 2.08 bits per heavy atom. The highest BCUT2D eigenvalue weighted by Crippen LogP contribution is 2.28. The van der Waals surface area contributed by atoms with E-state index in [9.17, 15) is 14.4 Å². The predicted molar refractivity (Wildman–Crippen MR) is 93.3 cm³/mol. The second kappa shape index (κ2) is 6.03. The number of Topliss-reactive ketones (excluding diaryl/α,β-unsaturated/α-hetero) is 1. The van der Waals surface area contributed by atoms with Gasteiger partial charge < -0.3 is 0 Å². The van der Waals surface area contributed by atoms with Crippen molar-refractivity contribution in [3.8, 4) is 5.69 Å². The van der Waals surface area contributed by atoms with Gasteiger partial charge in [0.1, 0.15) is 5.78 Å². The second-order valence-corrected chi connectivity index (χ2v) is 5.95. The summed E-state index contributed by atoms with van der Waals surface area (Å²) in [6.45, 7) is 1.44. The summed E-state index contributed by atoms with van der Waals surface area (Å²) in [6, 6.07) is 15.7. The van der Waals surface area contributed by atoms with Crippen molar-refractivity contribution in [3.05, 3.63) is 71.5 Å². The largest absolute Gasteiger partial charge is 0.300 e. The van der Waals surface area contributed by atoms with E-state index in [1.807, 2.05) is 18.2 Å². The maximum absolute atomic E-state index is 12.8. The summed E-state index contributed by atoms with van der Waals surface area (Å²) in [4.78, 5) is 42.3. The number of fused-ring (bicyclic) bond motifs is 1. The monoisotopic (exact) mass is 346 g/mol. The molecule has 2 heterocycles. The molecule has 0 bridgehead atoms. The Bertz CT molecular complexity index is 1000. The third-order valence-electron chi connectivity index (χ3n) is 4.04. The van der Waals surface area contributed by atoms with Gasteiger partial charge in [-0.1, -0.05) is 30.3 Å². The van der Waals surface area contributed by atoms with Crippen molar-refractivity contribution in [2.24, 2.45) is 0 Å². The molecule has 0 spiro atoms. The van der Waals surface area contributed by atoms with Crippen molar-refractivity contribution in [2.45, 2.75) is 13.3 Å². The fourth-order valence-corrected chi connectivity index (χ4v) is 2.90. The van der Waals surface area contributed by atoms with Crippen LogP contribution in [-0.2, 0) is 11.2 Å². The second-order valence-electron chi connectivity index (χ2n) is 5.95. The Balaban J connectivity index is 1.86. The molecule has 0 saturated heterocycles. The molecule has 0 aliphatic carbocycles. The number of hydrogen-bond donors (Lipinski definition) is 0. The van der Waals surface area contributed by atoms with Crippen molar-refractivity contribution in [1.82, 2.24) is 14.8 Å². The number of anilines is 1. The first-order valence-corrected chi connectivity index (χ1v) is 8.05. The van der Waals surface area contributed by atoms with Crippen LogP contribution in [0.25, 0.3) is 5.69 Å². The Morgan fingerprint density at radius 2 is 1.50 bits per heavy atom. The van der Waals surface area contributed by atoms with E-state index in [-0.39, 0.29) is 24.0 Å². The number of benzene rings is 2. The molecule has 1 aliphatic rings. The normalized spacial score (nSPS) is 13.2. The third kappa shape index (κ3) is 2.50. The Labute approximate surface area is 148 Å². The van der Waals surface area contributed by atoms with Crippen LogP contribution in [0.4, 0.5) is 5.95 Å². The maximum atomic E-state index is 12.8. The lowest BCUT2D eigenvalue weighted by Crippen LogP contribution is -2.32. The number of amides is 2. The molecular formula is C19H14N4O3. The van der Waals surface area contributed by atoms with Gasteiger partial charge in [-0.2, -0.15) is 9.67 Å². The zero-order valence-electron chi connectivity index (χ0n) is 13.9. The molecule has 4 rings (SSSR count). The molecule has 0 fully saturated rings. The van der Waals surface area contributed by atoms with E-state index in [0.29, 0.717) is 16.8 Å². The van der Waals surface area contributed by atoms with Crippen LogP contribution in [0.2, 0.25) is 0 Å². The number of para-hydroxylation sites is 1. The van der Waals surface area contributed by atoms with E-state index in [1.165, 1.54) is 11.6 Å². The molecule has 128 valence electrons. The summed E-state index contributed by atoms with van der Waals surface area (Å²) < 4.78 is 1.42. The predicted octanol–water partition coefficient (Wildman–Crippen LogP) is 2.20.